The molecular formula is C18H19N5O2. The average Bonchev–Trinajstić information content (AvgIpc) is 2.62. The second kappa shape index (κ2) is 7.18. The lowest BCUT2D eigenvalue weighted by molar-refractivity contribution is -0.385. The molecule has 25 heavy (non-hydrogen) atoms. The summed E-state index contributed by atoms with van der Waals surface area (Å²) in [5, 5.41) is 23.1. The molecule has 0 atom stereocenters. The minimum absolute atomic E-state index is 0.0428. The summed E-state index contributed by atoms with van der Waals surface area (Å²) in [5.41, 5.74) is 2.44. The van der Waals surface area contributed by atoms with Crippen LogP contribution in [-0.4, -0.2) is 29.0 Å². The van der Waals surface area contributed by atoms with Crippen molar-refractivity contribution in [3.63, 3.8) is 0 Å². The van der Waals surface area contributed by atoms with Gasteiger partial charge in [-0.2, -0.15) is 5.26 Å². The van der Waals surface area contributed by atoms with Crippen molar-refractivity contribution < 1.29 is 4.92 Å². The molecular weight excluding hydrogens is 318 g/mol. The zero-order valence-electron chi connectivity index (χ0n) is 14.0. The summed E-state index contributed by atoms with van der Waals surface area (Å²) in [5.74, 6) is 0.680. The second-order valence-electron chi connectivity index (χ2n) is 6.18. The highest BCUT2D eigenvalue weighted by molar-refractivity contribution is 5.51. The smallest absolute Gasteiger partial charge is 0.290 e. The molecule has 0 aliphatic carbocycles. The molecule has 0 bridgehead atoms. The molecule has 1 aromatic heterocycles. The Morgan fingerprint density at radius 1 is 1.32 bits per heavy atom. The van der Waals surface area contributed by atoms with Gasteiger partial charge in [0, 0.05) is 30.4 Å². The van der Waals surface area contributed by atoms with Gasteiger partial charge >= 0.3 is 0 Å². The minimum Gasteiger partial charge on any atom is -0.371 e. The Kier molecular flexibility index (Phi) is 4.80. The molecule has 1 fully saturated rings. The highest BCUT2D eigenvalue weighted by Crippen LogP contribution is 2.24. The summed E-state index contributed by atoms with van der Waals surface area (Å²) in [7, 11) is 0. The van der Waals surface area contributed by atoms with Gasteiger partial charge in [0.15, 0.2) is 0 Å². The number of nitro groups is 1. The van der Waals surface area contributed by atoms with Crippen LogP contribution in [0.2, 0.25) is 0 Å². The van der Waals surface area contributed by atoms with E-state index in [0.29, 0.717) is 23.0 Å². The molecule has 2 aromatic rings. The van der Waals surface area contributed by atoms with E-state index in [0.717, 1.165) is 31.6 Å². The molecule has 0 spiro atoms. The lowest BCUT2D eigenvalue weighted by Crippen LogP contribution is -2.39. The van der Waals surface area contributed by atoms with Gasteiger partial charge in [0.25, 0.3) is 5.69 Å². The molecule has 1 saturated heterocycles. The highest BCUT2D eigenvalue weighted by atomic mass is 16.6. The van der Waals surface area contributed by atoms with Crippen LogP contribution in [0.1, 0.15) is 24.0 Å². The summed E-state index contributed by atoms with van der Waals surface area (Å²) < 4.78 is 0. The van der Waals surface area contributed by atoms with Crippen LogP contribution in [0, 0.1) is 28.4 Å². The fourth-order valence-corrected chi connectivity index (χ4v) is 3.06. The fourth-order valence-electron chi connectivity index (χ4n) is 3.06. The molecule has 2 heterocycles. The molecule has 7 nitrogen and oxygen atoms in total. The molecule has 0 saturated carbocycles. The number of nitriles is 1. The van der Waals surface area contributed by atoms with Gasteiger partial charge in [-0.3, -0.25) is 10.1 Å². The standard InChI is InChI=1S/C18H19N5O2/c1-13-10-18(20-12-17(13)23(24)25)21-15-6-8-22(9-7-15)16-4-2-14(11-19)3-5-16/h2-5,10,12,15H,6-9H2,1H3,(H,20,21). The van der Waals surface area contributed by atoms with Crippen molar-refractivity contribution >= 4 is 17.2 Å². The third kappa shape index (κ3) is 3.86. The first-order valence-corrected chi connectivity index (χ1v) is 8.19. The minimum atomic E-state index is -0.415. The maximum absolute atomic E-state index is 10.9. The van der Waals surface area contributed by atoms with E-state index in [2.05, 4.69) is 21.3 Å². The second-order valence-corrected chi connectivity index (χ2v) is 6.18. The fraction of sp³-hybridized carbons (Fsp3) is 0.333. The van der Waals surface area contributed by atoms with Crippen LogP contribution in [0.3, 0.4) is 0 Å². The Balaban J connectivity index is 1.58. The first-order chi connectivity index (χ1) is 12.1. The van der Waals surface area contributed by atoms with Gasteiger partial charge in [-0.25, -0.2) is 4.98 Å². The molecule has 1 aliphatic rings. The summed E-state index contributed by atoms with van der Waals surface area (Å²) >= 11 is 0. The lowest BCUT2D eigenvalue weighted by atomic mass is 10.0. The Morgan fingerprint density at radius 2 is 2.00 bits per heavy atom. The van der Waals surface area contributed by atoms with Crippen LogP contribution in [-0.2, 0) is 0 Å². The van der Waals surface area contributed by atoms with Crippen molar-refractivity contribution in [1.82, 2.24) is 4.98 Å². The predicted octanol–water partition coefficient (Wildman–Crippen LogP) is 3.25. The molecule has 1 aliphatic heterocycles. The number of hydrogen-bond donors (Lipinski definition) is 1. The van der Waals surface area contributed by atoms with E-state index < -0.39 is 4.92 Å². The number of benzene rings is 1. The van der Waals surface area contributed by atoms with Crippen LogP contribution < -0.4 is 10.2 Å². The summed E-state index contributed by atoms with van der Waals surface area (Å²) in [4.78, 5) is 16.9. The van der Waals surface area contributed by atoms with E-state index in [-0.39, 0.29) is 5.69 Å². The number of anilines is 2. The number of piperidine rings is 1. The van der Waals surface area contributed by atoms with Crippen LogP contribution in [0.5, 0.6) is 0 Å². The number of nitrogens with zero attached hydrogens (tertiary/aromatic N) is 4. The van der Waals surface area contributed by atoms with E-state index >= 15 is 0 Å². The SMILES string of the molecule is Cc1cc(NC2CCN(c3ccc(C#N)cc3)CC2)ncc1[N+](=O)[O-]. The van der Waals surface area contributed by atoms with Gasteiger partial charge in [0.1, 0.15) is 12.0 Å². The van der Waals surface area contributed by atoms with E-state index in [4.69, 9.17) is 5.26 Å². The Labute approximate surface area is 146 Å². The van der Waals surface area contributed by atoms with Crippen molar-refractivity contribution in [2.45, 2.75) is 25.8 Å². The van der Waals surface area contributed by atoms with E-state index in [9.17, 15) is 10.1 Å². The monoisotopic (exact) mass is 337 g/mol. The maximum Gasteiger partial charge on any atom is 0.290 e. The predicted molar refractivity (Wildman–Crippen MR) is 95.6 cm³/mol. The first-order valence-electron chi connectivity index (χ1n) is 8.19. The van der Waals surface area contributed by atoms with Crippen LogP contribution >= 0.6 is 0 Å². The Morgan fingerprint density at radius 3 is 2.56 bits per heavy atom. The van der Waals surface area contributed by atoms with Crippen molar-refractivity contribution in [2.24, 2.45) is 0 Å². The normalized spacial score (nSPS) is 14.8. The molecule has 0 amide bonds. The van der Waals surface area contributed by atoms with Crippen LogP contribution in [0.15, 0.2) is 36.5 Å². The Bertz CT molecular complexity index is 805. The van der Waals surface area contributed by atoms with Crippen molar-refractivity contribution in [3.05, 3.63) is 57.8 Å². The van der Waals surface area contributed by atoms with E-state index in [1.807, 2.05) is 24.3 Å². The van der Waals surface area contributed by atoms with E-state index in [1.165, 1.54) is 6.20 Å². The first kappa shape index (κ1) is 16.7. The van der Waals surface area contributed by atoms with Gasteiger partial charge in [-0.15, -0.1) is 0 Å². The Hall–Kier alpha value is -3.14. The summed E-state index contributed by atoms with van der Waals surface area (Å²) in [6.07, 6.45) is 3.22. The number of pyridine rings is 1. The topological polar surface area (TPSA) is 95.1 Å². The molecule has 1 aromatic carbocycles. The number of aromatic nitrogens is 1. The molecule has 0 unspecified atom stereocenters. The third-order valence-corrected chi connectivity index (χ3v) is 4.49. The average molecular weight is 337 g/mol. The van der Waals surface area contributed by atoms with Gasteiger partial charge < -0.3 is 10.2 Å². The van der Waals surface area contributed by atoms with Gasteiger partial charge in [0.05, 0.1) is 16.6 Å². The van der Waals surface area contributed by atoms with Crippen molar-refractivity contribution in [3.8, 4) is 6.07 Å². The number of hydrogen-bond acceptors (Lipinski definition) is 6. The largest absolute Gasteiger partial charge is 0.371 e. The number of nitrogens with one attached hydrogen (secondary N) is 1. The number of rotatable bonds is 4. The lowest BCUT2D eigenvalue weighted by Gasteiger charge is -2.34. The quantitative estimate of drug-likeness (QED) is 0.680. The van der Waals surface area contributed by atoms with Crippen molar-refractivity contribution in [1.29, 1.82) is 5.26 Å². The number of aryl methyl sites for hydroxylation is 1. The summed E-state index contributed by atoms with van der Waals surface area (Å²) in [6.45, 7) is 3.55. The van der Waals surface area contributed by atoms with Crippen molar-refractivity contribution in [2.75, 3.05) is 23.3 Å². The maximum atomic E-state index is 10.9. The van der Waals surface area contributed by atoms with Gasteiger partial charge in [0.2, 0.25) is 0 Å². The summed E-state index contributed by atoms with van der Waals surface area (Å²) in [6, 6.07) is 11.8. The zero-order valence-corrected chi connectivity index (χ0v) is 14.0. The molecule has 128 valence electrons. The molecule has 0 radical (unpaired) electrons. The molecule has 1 N–H and O–H groups in total. The van der Waals surface area contributed by atoms with Crippen LogP contribution in [0.25, 0.3) is 0 Å². The third-order valence-electron chi connectivity index (χ3n) is 4.49. The highest BCUT2D eigenvalue weighted by Gasteiger charge is 2.20. The molecule has 7 heteroatoms. The van der Waals surface area contributed by atoms with Gasteiger partial charge in [-0.05, 0) is 50.1 Å². The van der Waals surface area contributed by atoms with Gasteiger partial charge in [-0.1, -0.05) is 0 Å². The zero-order chi connectivity index (χ0) is 17.8. The van der Waals surface area contributed by atoms with E-state index in [1.54, 1.807) is 13.0 Å². The molecule has 3 rings (SSSR count). The van der Waals surface area contributed by atoms with Crippen LogP contribution in [0.4, 0.5) is 17.2 Å².